The minimum absolute atomic E-state index is 0.0843. The fraction of sp³-hybridized carbons (Fsp3) is 0.286. The predicted molar refractivity (Wildman–Crippen MR) is 117 cm³/mol. The Hall–Kier alpha value is -2.51. The molecule has 2 heterocycles. The number of hydrogen-bond acceptors (Lipinski definition) is 5. The van der Waals surface area contributed by atoms with Gasteiger partial charge in [0.1, 0.15) is 5.25 Å². The molecule has 0 fully saturated rings. The van der Waals surface area contributed by atoms with Gasteiger partial charge in [0.05, 0.1) is 6.04 Å². The van der Waals surface area contributed by atoms with Crippen LogP contribution in [-0.4, -0.2) is 26.0 Å². The number of anilines is 1. The average Bonchev–Trinajstić information content (AvgIpc) is 3.16. The summed E-state index contributed by atoms with van der Waals surface area (Å²) in [5.41, 5.74) is 6.42. The van der Waals surface area contributed by atoms with Crippen molar-refractivity contribution < 1.29 is 4.79 Å². The third-order valence-corrected chi connectivity index (χ3v) is 6.40. The highest BCUT2D eigenvalue weighted by atomic mass is 35.5. The third-order valence-electron chi connectivity index (χ3n) is 4.94. The third kappa shape index (κ3) is 4.11. The van der Waals surface area contributed by atoms with Crippen LogP contribution >= 0.6 is 23.4 Å². The van der Waals surface area contributed by atoms with Crippen molar-refractivity contribution >= 4 is 35.0 Å². The molecule has 150 valence electrons. The minimum atomic E-state index is -0.413. The van der Waals surface area contributed by atoms with Crippen LogP contribution in [0.4, 0.5) is 5.69 Å². The first-order valence-electron chi connectivity index (χ1n) is 9.61. The molecule has 0 bridgehead atoms. The minimum Gasteiger partial charge on any atom is -0.325 e. The number of thioether (sulfide) groups is 1. The van der Waals surface area contributed by atoms with Crippen LogP contribution in [0.15, 0.2) is 53.7 Å². The number of carbonyl (C=O) groups excluding carboxylic acids is 1. The molecule has 2 N–H and O–H groups in total. The van der Waals surface area contributed by atoms with Crippen LogP contribution in [0.2, 0.25) is 5.02 Å². The molecule has 1 amide bonds. The largest absolute Gasteiger partial charge is 0.325 e. The zero-order valence-corrected chi connectivity index (χ0v) is 17.8. The number of aryl methyl sites for hydroxylation is 2. The Balaban J connectivity index is 1.63. The van der Waals surface area contributed by atoms with E-state index in [9.17, 15) is 4.79 Å². The molecule has 6 nitrogen and oxygen atoms in total. The van der Waals surface area contributed by atoms with Gasteiger partial charge in [-0.15, -0.1) is 10.2 Å². The van der Waals surface area contributed by atoms with Gasteiger partial charge in [-0.2, -0.15) is 0 Å². The molecule has 0 aliphatic carbocycles. The first kappa shape index (κ1) is 19.8. The summed E-state index contributed by atoms with van der Waals surface area (Å²) in [7, 11) is 0. The first-order chi connectivity index (χ1) is 14.1. The molecule has 0 saturated carbocycles. The van der Waals surface area contributed by atoms with Gasteiger partial charge in [0.2, 0.25) is 11.1 Å². The van der Waals surface area contributed by atoms with Crippen LogP contribution in [0.3, 0.4) is 0 Å². The monoisotopic (exact) mass is 427 g/mol. The van der Waals surface area contributed by atoms with E-state index >= 15 is 0 Å². The molecule has 8 heteroatoms. The fourth-order valence-electron chi connectivity index (χ4n) is 3.29. The highest BCUT2D eigenvalue weighted by Crippen LogP contribution is 2.37. The van der Waals surface area contributed by atoms with E-state index in [2.05, 4.69) is 27.9 Å². The van der Waals surface area contributed by atoms with E-state index in [-0.39, 0.29) is 11.9 Å². The Morgan fingerprint density at radius 1 is 1.10 bits per heavy atom. The lowest BCUT2D eigenvalue weighted by molar-refractivity contribution is -0.116. The molecule has 0 saturated heterocycles. The number of aromatic nitrogens is 3. The summed E-state index contributed by atoms with van der Waals surface area (Å²) >= 11 is 7.48. The first-order valence-corrected chi connectivity index (χ1v) is 10.9. The lowest BCUT2D eigenvalue weighted by atomic mass is 10.0. The number of nitrogens with one attached hydrogen (secondary N) is 2. The summed E-state index contributed by atoms with van der Waals surface area (Å²) in [6.07, 6.45) is 1.71. The quantitative estimate of drug-likeness (QED) is 0.629. The second-order valence-electron chi connectivity index (χ2n) is 6.82. The molecule has 0 radical (unpaired) electrons. The topological polar surface area (TPSA) is 71.8 Å². The summed E-state index contributed by atoms with van der Waals surface area (Å²) in [6, 6.07) is 15.2. The van der Waals surface area contributed by atoms with Crippen molar-refractivity contribution in [1.82, 2.24) is 14.9 Å². The highest BCUT2D eigenvalue weighted by Gasteiger charge is 2.37. The van der Waals surface area contributed by atoms with Crippen molar-refractivity contribution in [2.24, 2.45) is 0 Å². The van der Waals surface area contributed by atoms with Crippen molar-refractivity contribution in [3.8, 4) is 0 Å². The van der Waals surface area contributed by atoms with Crippen molar-refractivity contribution in [2.75, 3.05) is 10.7 Å². The molecule has 0 spiro atoms. The standard InChI is InChI=1S/C21H22ClN5OS/c1-3-13-5-11-16(12-6-13)23-20(28)19-18(14-7-9-15(22)10-8-14)26-27-17(4-2)24-25-21(27)29-19/h5-12,18-19,26H,3-4H2,1-2H3,(H,23,28)/t18-,19-/m0/s1. The summed E-state index contributed by atoms with van der Waals surface area (Å²) in [6.45, 7) is 4.13. The average molecular weight is 428 g/mol. The zero-order chi connectivity index (χ0) is 20.4. The second kappa shape index (κ2) is 8.47. The SMILES string of the molecule is CCc1ccc(NC(=O)[C@H]2Sc3nnc(CC)n3N[C@H]2c2ccc(Cl)cc2)cc1. The number of halogens is 1. The number of carbonyl (C=O) groups is 1. The Morgan fingerprint density at radius 2 is 1.83 bits per heavy atom. The van der Waals surface area contributed by atoms with Gasteiger partial charge in [0.25, 0.3) is 0 Å². The maximum atomic E-state index is 13.2. The summed E-state index contributed by atoms with van der Waals surface area (Å²) in [4.78, 5) is 13.2. The summed E-state index contributed by atoms with van der Waals surface area (Å²) in [5.74, 6) is 0.750. The molecular weight excluding hydrogens is 406 g/mol. The lowest BCUT2D eigenvalue weighted by Crippen LogP contribution is -2.41. The Bertz CT molecular complexity index is 1000. The van der Waals surface area contributed by atoms with Gasteiger partial charge in [-0.1, -0.05) is 61.5 Å². The molecule has 2 aromatic carbocycles. The molecule has 4 rings (SSSR count). The number of hydrogen-bond donors (Lipinski definition) is 2. The summed E-state index contributed by atoms with van der Waals surface area (Å²) < 4.78 is 1.88. The van der Waals surface area contributed by atoms with Gasteiger partial charge in [-0.3, -0.25) is 4.79 Å². The lowest BCUT2D eigenvalue weighted by Gasteiger charge is -2.33. The van der Waals surface area contributed by atoms with Crippen molar-refractivity contribution in [1.29, 1.82) is 0 Å². The Morgan fingerprint density at radius 3 is 2.48 bits per heavy atom. The maximum absolute atomic E-state index is 13.2. The van der Waals surface area contributed by atoms with Crippen molar-refractivity contribution in [2.45, 2.75) is 43.1 Å². The Kier molecular flexibility index (Phi) is 5.78. The number of amides is 1. The van der Waals surface area contributed by atoms with E-state index in [1.165, 1.54) is 17.3 Å². The number of benzene rings is 2. The molecule has 2 atom stereocenters. The number of fused-ring (bicyclic) bond motifs is 1. The predicted octanol–water partition coefficient (Wildman–Crippen LogP) is 4.45. The molecule has 1 aliphatic heterocycles. The maximum Gasteiger partial charge on any atom is 0.240 e. The van der Waals surface area contributed by atoms with Crippen molar-refractivity contribution in [3.63, 3.8) is 0 Å². The van der Waals surface area contributed by atoms with E-state index in [0.29, 0.717) is 10.2 Å². The van der Waals surface area contributed by atoms with Gasteiger partial charge in [0, 0.05) is 17.1 Å². The fourth-order valence-corrected chi connectivity index (χ4v) is 4.51. The van der Waals surface area contributed by atoms with Crippen LogP contribution in [-0.2, 0) is 17.6 Å². The molecule has 1 aliphatic rings. The summed E-state index contributed by atoms with van der Waals surface area (Å²) in [5, 5.41) is 12.5. The van der Waals surface area contributed by atoms with E-state index in [1.54, 1.807) is 0 Å². The second-order valence-corrected chi connectivity index (χ2v) is 8.37. The van der Waals surface area contributed by atoms with E-state index in [1.807, 2.05) is 60.1 Å². The van der Waals surface area contributed by atoms with E-state index in [4.69, 9.17) is 11.6 Å². The van der Waals surface area contributed by atoms with E-state index < -0.39 is 5.25 Å². The number of rotatable bonds is 5. The highest BCUT2D eigenvalue weighted by molar-refractivity contribution is 8.00. The van der Waals surface area contributed by atoms with Crippen LogP contribution in [0.1, 0.15) is 36.8 Å². The van der Waals surface area contributed by atoms with Gasteiger partial charge < -0.3 is 10.7 Å². The van der Waals surface area contributed by atoms with Crippen molar-refractivity contribution in [3.05, 3.63) is 70.5 Å². The molecule has 0 unspecified atom stereocenters. The normalized spacial score (nSPS) is 18.0. The molecule has 1 aromatic heterocycles. The van der Waals surface area contributed by atoms with Gasteiger partial charge >= 0.3 is 0 Å². The number of nitrogens with zero attached hydrogens (tertiary/aromatic N) is 3. The smallest absolute Gasteiger partial charge is 0.240 e. The van der Waals surface area contributed by atoms with Gasteiger partial charge in [0.15, 0.2) is 5.82 Å². The zero-order valence-electron chi connectivity index (χ0n) is 16.2. The van der Waals surface area contributed by atoms with Gasteiger partial charge in [-0.25, -0.2) is 4.68 Å². The van der Waals surface area contributed by atoms with Gasteiger partial charge in [-0.05, 0) is 41.8 Å². The molecular formula is C21H22ClN5OS. The van der Waals surface area contributed by atoms with Crippen LogP contribution < -0.4 is 10.7 Å². The van der Waals surface area contributed by atoms with Crippen LogP contribution in [0.5, 0.6) is 0 Å². The molecule has 3 aromatic rings. The Labute approximate surface area is 179 Å². The van der Waals surface area contributed by atoms with Crippen LogP contribution in [0, 0.1) is 0 Å². The van der Waals surface area contributed by atoms with Crippen LogP contribution in [0.25, 0.3) is 0 Å². The molecule has 29 heavy (non-hydrogen) atoms. The van der Waals surface area contributed by atoms with E-state index in [0.717, 1.165) is 29.9 Å².